The number of aryl methyl sites for hydroxylation is 1. The minimum absolute atomic E-state index is 0.779. The Hall–Kier alpha value is -1.67. The van der Waals surface area contributed by atoms with Crippen LogP contribution in [0, 0.1) is 6.92 Å². The highest BCUT2D eigenvalue weighted by Crippen LogP contribution is 2.16. The van der Waals surface area contributed by atoms with E-state index in [0.29, 0.717) is 0 Å². The highest BCUT2D eigenvalue weighted by atomic mass is 35.5. The first-order valence-electron chi connectivity index (χ1n) is 5.99. The van der Waals surface area contributed by atoms with Crippen LogP contribution in [0.4, 0.5) is 11.4 Å². The highest BCUT2D eigenvalue weighted by molar-refractivity contribution is 6.30. The van der Waals surface area contributed by atoms with Gasteiger partial charge in [0.05, 0.1) is 0 Å². The Bertz CT molecular complexity index is 521. The maximum Gasteiger partial charge on any atom is 0.0406 e. The predicted octanol–water partition coefficient (Wildman–Crippen LogP) is 3.89. The Kier molecular flexibility index (Phi) is 4.11. The van der Waals surface area contributed by atoms with Crippen molar-refractivity contribution in [3.05, 3.63) is 58.6 Å². The third kappa shape index (κ3) is 3.41. The van der Waals surface area contributed by atoms with Crippen LogP contribution < -0.4 is 11.1 Å². The molecule has 0 saturated heterocycles. The van der Waals surface area contributed by atoms with Crippen molar-refractivity contribution in [3.8, 4) is 0 Å². The molecule has 3 heteroatoms. The van der Waals surface area contributed by atoms with E-state index >= 15 is 0 Å². The van der Waals surface area contributed by atoms with Crippen molar-refractivity contribution in [2.75, 3.05) is 17.6 Å². The van der Waals surface area contributed by atoms with E-state index in [1.54, 1.807) is 0 Å². The van der Waals surface area contributed by atoms with Crippen LogP contribution in [-0.2, 0) is 6.42 Å². The molecule has 0 heterocycles. The van der Waals surface area contributed by atoms with Crippen molar-refractivity contribution < 1.29 is 0 Å². The third-order valence-electron chi connectivity index (χ3n) is 2.93. The molecule has 18 heavy (non-hydrogen) atoms. The van der Waals surface area contributed by atoms with E-state index in [4.69, 9.17) is 17.3 Å². The number of anilines is 2. The largest absolute Gasteiger partial charge is 0.399 e. The molecule has 2 rings (SSSR count). The molecule has 2 aromatic carbocycles. The van der Waals surface area contributed by atoms with E-state index in [9.17, 15) is 0 Å². The lowest BCUT2D eigenvalue weighted by atomic mass is 10.1. The average molecular weight is 261 g/mol. The lowest BCUT2D eigenvalue weighted by Crippen LogP contribution is -2.05. The number of hydrogen-bond acceptors (Lipinski definition) is 2. The fourth-order valence-corrected chi connectivity index (χ4v) is 1.91. The molecule has 0 bridgehead atoms. The normalized spacial score (nSPS) is 10.3. The topological polar surface area (TPSA) is 38.0 Å². The summed E-state index contributed by atoms with van der Waals surface area (Å²) in [6.07, 6.45) is 0.973. The number of hydrogen-bond donors (Lipinski definition) is 2. The zero-order chi connectivity index (χ0) is 13.0. The monoisotopic (exact) mass is 260 g/mol. The second kappa shape index (κ2) is 5.78. The number of rotatable bonds is 4. The van der Waals surface area contributed by atoms with Gasteiger partial charge in [0.1, 0.15) is 0 Å². The van der Waals surface area contributed by atoms with Crippen LogP contribution in [0.15, 0.2) is 42.5 Å². The van der Waals surface area contributed by atoms with Crippen LogP contribution in [0.5, 0.6) is 0 Å². The van der Waals surface area contributed by atoms with Crippen LogP contribution in [-0.4, -0.2) is 6.54 Å². The van der Waals surface area contributed by atoms with E-state index in [-0.39, 0.29) is 0 Å². The summed E-state index contributed by atoms with van der Waals surface area (Å²) in [5, 5.41) is 4.17. The molecular weight excluding hydrogens is 244 g/mol. The number of halogens is 1. The van der Waals surface area contributed by atoms with Crippen molar-refractivity contribution in [1.29, 1.82) is 0 Å². The Balaban J connectivity index is 1.88. The molecule has 94 valence electrons. The first-order valence-corrected chi connectivity index (χ1v) is 6.37. The number of nitrogen functional groups attached to an aromatic ring is 1. The van der Waals surface area contributed by atoms with Gasteiger partial charge >= 0.3 is 0 Å². The number of nitrogens with two attached hydrogens (primary N) is 1. The average Bonchev–Trinajstić information content (AvgIpc) is 2.36. The molecule has 0 aliphatic heterocycles. The first-order chi connectivity index (χ1) is 8.65. The lowest BCUT2D eigenvalue weighted by Gasteiger charge is -2.08. The summed E-state index contributed by atoms with van der Waals surface area (Å²) < 4.78 is 0. The van der Waals surface area contributed by atoms with Gasteiger partial charge < -0.3 is 11.1 Å². The van der Waals surface area contributed by atoms with Gasteiger partial charge in [0, 0.05) is 22.9 Å². The summed E-state index contributed by atoms with van der Waals surface area (Å²) in [4.78, 5) is 0. The standard InChI is InChI=1S/C15H17ClN2/c1-11-10-14(6-7-15(11)17)18-9-8-12-2-4-13(16)5-3-12/h2-7,10,18H,8-9,17H2,1H3. The Morgan fingerprint density at radius 3 is 2.50 bits per heavy atom. The molecule has 0 aliphatic carbocycles. The molecule has 2 nitrogen and oxygen atoms in total. The Labute approximate surface area is 113 Å². The SMILES string of the molecule is Cc1cc(NCCc2ccc(Cl)cc2)ccc1N. The van der Waals surface area contributed by atoms with Gasteiger partial charge in [-0.2, -0.15) is 0 Å². The molecule has 0 radical (unpaired) electrons. The summed E-state index contributed by atoms with van der Waals surface area (Å²) in [6.45, 7) is 2.91. The van der Waals surface area contributed by atoms with Crippen LogP contribution in [0.3, 0.4) is 0 Å². The molecular formula is C15H17ClN2. The van der Waals surface area contributed by atoms with Crippen molar-refractivity contribution in [2.45, 2.75) is 13.3 Å². The molecule has 2 aromatic rings. The molecule has 0 atom stereocenters. The lowest BCUT2D eigenvalue weighted by molar-refractivity contribution is 1.02. The summed E-state index contributed by atoms with van der Waals surface area (Å²) in [5.41, 5.74) is 10.1. The van der Waals surface area contributed by atoms with Gasteiger partial charge in [-0.1, -0.05) is 23.7 Å². The van der Waals surface area contributed by atoms with Gasteiger partial charge in [-0.3, -0.25) is 0 Å². The van der Waals surface area contributed by atoms with Gasteiger partial charge in [0.15, 0.2) is 0 Å². The molecule has 3 N–H and O–H groups in total. The van der Waals surface area contributed by atoms with E-state index in [2.05, 4.69) is 23.5 Å². The van der Waals surface area contributed by atoms with Crippen molar-refractivity contribution in [2.24, 2.45) is 0 Å². The maximum absolute atomic E-state index is 5.85. The third-order valence-corrected chi connectivity index (χ3v) is 3.18. The fourth-order valence-electron chi connectivity index (χ4n) is 1.79. The van der Waals surface area contributed by atoms with E-state index in [0.717, 1.165) is 34.9 Å². The minimum Gasteiger partial charge on any atom is -0.399 e. The quantitative estimate of drug-likeness (QED) is 0.819. The van der Waals surface area contributed by atoms with Crippen LogP contribution >= 0.6 is 11.6 Å². The minimum atomic E-state index is 0.779. The Morgan fingerprint density at radius 2 is 1.83 bits per heavy atom. The zero-order valence-corrected chi connectivity index (χ0v) is 11.2. The van der Waals surface area contributed by atoms with Crippen LogP contribution in [0.1, 0.15) is 11.1 Å². The number of nitrogens with one attached hydrogen (secondary N) is 1. The highest BCUT2D eigenvalue weighted by Gasteiger charge is 1.97. The molecule has 0 unspecified atom stereocenters. The molecule has 0 amide bonds. The zero-order valence-electron chi connectivity index (χ0n) is 10.4. The van der Waals surface area contributed by atoms with E-state index in [1.165, 1.54) is 5.56 Å². The summed E-state index contributed by atoms with van der Waals surface area (Å²) in [7, 11) is 0. The molecule has 0 fully saturated rings. The summed E-state index contributed by atoms with van der Waals surface area (Å²) in [5.74, 6) is 0. The van der Waals surface area contributed by atoms with E-state index in [1.807, 2.05) is 31.2 Å². The summed E-state index contributed by atoms with van der Waals surface area (Å²) >= 11 is 5.85. The second-order valence-electron chi connectivity index (χ2n) is 4.37. The Morgan fingerprint density at radius 1 is 1.11 bits per heavy atom. The molecule has 0 saturated carbocycles. The van der Waals surface area contributed by atoms with E-state index < -0.39 is 0 Å². The van der Waals surface area contributed by atoms with Crippen molar-refractivity contribution in [1.82, 2.24) is 0 Å². The fraction of sp³-hybridized carbons (Fsp3) is 0.200. The van der Waals surface area contributed by atoms with Crippen molar-refractivity contribution in [3.63, 3.8) is 0 Å². The van der Waals surface area contributed by atoms with Crippen LogP contribution in [0.25, 0.3) is 0 Å². The van der Waals surface area contributed by atoms with Crippen molar-refractivity contribution >= 4 is 23.0 Å². The van der Waals surface area contributed by atoms with Gasteiger partial charge in [-0.05, 0) is 54.8 Å². The molecule has 0 aromatic heterocycles. The van der Waals surface area contributed by atoms with Gasteiger partial charge in [-0.15, -0.1) is 0 Å². The molecule has 0 aliphatic rings. The maximum atomic E-state index is 5.85. The smallest absolute Gasteiger partial charge is 0.0406 e. The van der Waals surface area contributed by atoms with Gasteiger partial charge in [-0.25, -0.2) is 0 Å². The number of benzene rings is 2. The van der Waals surface area contributed by atoms with Gasteiger partial charge in [0.2, 0.25) is 0 Å². The first kappa shape index (κ1) is 12.8. The predicted molar refractivity (Wildman–Crippen MR) is 79.2 cm³/mol. The molecule has 0 spiro atoms. The van der Waals surface area contributed by atoms with Gasteiger partial charge in [0.25, 0.3) is 0 Å². The summed E-state index contributed by atoms with van der Waals surface area (Å²) in [6, 6.07) is 14.0. The second-order valence-corrected chi connectivity index (χ2v) is 4.81. The van der Waals surface area contributed by atoms with Crippen LogP contribution in [0.2, 0.25) is 5.02 Å².